The molecule has 2 aromatic carbocycles. The van der Waals surface area contributed by atoms with Gasteiger partial charge in [-0.3, -0.25) is 4.31 Å². The van der Waals surface area contributed by atoms with E-state index in [1.165, 1.54) is 36.7 Å². The molecule has 0 fully saturated rings. The fourth-order valence-corrected chi connectivity index (χ4v) is 3.99. The lowest BCUT2D eigenvalue weighted by Crippen LogP contribution is -2.31. The number of hydrogen-bond donors (Lipinski definition) is 0. The van der Waals surface area contributed by atoms with Gasteiger partial charge in [0.2, 0.25) is 0 Å². The second-order valence-electron chi connectivity index (χ2n) is 5.30. The maximum absolute atomic E-state index is 13.1. The Morgan fingerprint density at radius 1 is 1.12 bits per heavy atom. The highest BCUT2D eigenvalue weighted by atomic mass is 35.5. The molecule has 0 bridgehead atoms. The molecule has 5 nitrogen and oxygen atoms in total. The van der Waals surface area contributed by atoms with Gasteiger partial charge in [-0.25, -0.2) is 8.42 Å². The molecule has 0 amide bonds. The topological polar surface area (TPSA) is 55.8 Å². The molecule has 0 aliphatic carbocycles. The van der Waals surface area contributed by atoms with Crippen molar-refractivity contribution in [1.29, 1.82) is 0 Å². The summed E-state index contributed by atoms with van der Waals surface area (Å²) < 4.78 is 38.0. The van der Waals surface area contributed by atoms with Crippen LogP contribution in [0.4, 0.5) is 5.69 Å². The molecule has 0 aliphatic rings. The fourth-order valence-electron chi connectivity index (χ4n) is 2.32. The van der Waals surface area contributed by atoms with Crippen LogP contribution < -0.4 is 13.8 Å². The molecule has 2 rings (SSSR count). The second-order valence-corrected chi connectivity index (χ2v) is 7.57. The van der Waals surface area contributed by atoms with E-state index in [2.05, 4.69) is 6.58 Å². The fraction of sp³-hybridized carbons (Fsp3) is 0.222. The molecule has 0 saturated carbocycles. The Kier molecular flexibility index (Phi) is 5.98. The van der Waals surface area contributed by atoms with Crippen LogP contribution in [-0.2, 0) is 10.0 Å². The lowest BCUT2D eigenvalue weighted by Gasteiger charge is -2.25. The minimum absolute atomic E-state index is 0.0668. The Bertz CT molecular complexity index is 863. The molecule has 0 aromatic heterocycles. The number of rotatable bonds is 7. The third kappa shape index (κ3) is 3.91. The number of halogens is 1. The summed E-state index contributed by atoms with van der Waals surface area (Å²) in [6.07, 6.45) is 1.51. The molecule has 0 N–H and O–H groups in total. The molecule has 0 saturated heterocycles. The first-order valence-electron chi connectivity index (χ1n) is 7.47. The zero-order valence-electron chi connectivity index (χ0n) is 14.3. The van der Waals surface area contributed by atoms with Crippen molar-refractivity contribution in [1.82, 2.24) is 0 Å². The maximum Gasteiger partial charge on any atom is 0.264 e. The van der Waals surface area contributed by atoms with Gasteiger partial charge in [0, 0.05) is 12.1 Å². The Balaban J connectivity index is 2.65. The van der Waals surface area contributed by atoms with Crippen LogP contribution in [0.3, 0.4) is 0 Å². The normalized spacial score (nSPS) is 11.0. The molecule has 2 aromatic rings. The molecule has 7 heteroatoms. The van der Waals surface area contributed by atoms with Gasteiger partial charge in [-0.15, -0.1) is 6.58 Å². The van der Waals surface area contributed by atoms with Crippen molar-refractivity contribution in [2.75, 3.05) is 25.1 Å². The van der Waals surface area contributed by atoms with E-state index in [0.29, 0.717) is 22.2 Å². The number of nitrogens with zero attached hydrogens (tertiary/aromatic N) is 1. The first-order chi connectivity index (χ1) is 11.8. The van der Waals surface area contributed by atoms with Crippen LogP contribution in [0, 0.1) is 6.92 Å². The first-order valence-corrected chi connectivity index (χ1v) is 9.28. The van der Waals surface area contributed by atoms with Crippen molar-refractivity contribution >= 4 is 27.3 Å². The number of hydrogen-bond acceptors (Lipinski definition) is 4. The number of sulfonamides is 1. The summed E-state index contributed by atoms with van der Waals surface area (Å²) in [7, 11) is -0.907. The zero-order valence-corrected chi connectivity index (χ0v) is 15.9. The van der Waals surface area contributed by atoms with Crippen LogP contribution in [0.2, 0.25) is 5.02 Å². The quantitative estimate of drug-likeness (QED) is 0.679. The molecule has 0 spiro atoms. The standard InChI is InChI=1S/C18H20ClNO4S/c1-5-10-20(25(21,22)14-8-6-13(2)7-9-14)16-12-17(23-3)15(19)11-18(16)24-4/h5-9,11-12H,1,10H2,2-4H3. The Labute approximate surface area is 153 Å². The van der Waals surface area contributed by atoms with E-state index in [4.69, 9.17) is 21.1 Å². The summed E-state index contributed by atoms with van der Waals surface area (Å²) in [6.45, 7) is 5.62. The van der Waals surface area contributed by atoms with Crippen LogP contribution in [0.15, 0.2) is 53.9 Å². The smallest absolute Gasteiger partial charge is 0.264 e. The van der Waals surface area contributed by atoms with Crippen molar-refractivity contribution < 1.29 is 17.9 Å². The highest BCUT2D eigenvalue weighted by molar-refractivity contribution is 7.92. The second kappa shape index (κ2) is 7.80. The number of ether oxygens (including phenoxy) is 2. The van der Waals surface area contributed by atoms with Crippen LogP contribution in [0.25, 0.3) is 0 Å². The van der Waals surface area contributed by atoms with E-state index in [1.54, 1.807) is 24.3 Å². The SMILES string of the molecule is C=CCN(c1cc(OC)c(Cl)cc1OC)S(=O)(=O)c1ccc(C)cc1. The van der Waals surface area contributed by atoms with E-state index in [1.807, 2.05) is 6.92 Å². The molecular formula is C18H20ClNO4S. The van der Waals surface area contributed by atoms with Gasteiger partial charge in [0.25, 0.3) is 10.0 Å². The van der Waals surface area contributed by atoms with Crippen LogP contribution in [0.5, 0.6) is 11.5 Å². The summed E-state index contributed by atoms with van der Waals surface area (Å²) in [4.78, 5) is 0.177. The highest BCUT2D eigenvalue weighted by Crippen LogP contribution is 2.40. The monoisotopic (exact) mass is 381 g/mol. The lowest BCUT2D eigenvalue weighted by molar-refractivity contribution is 0.404. The Morgan fingerprint density at radius 2 is 1.72 bits per heavy atom. The van der Waals surface area contributed by atoms with Gasteiger partial charge in [0.05, 0.1) is 36.4 Å². The average Bonchev–Trinajstić information content (AvgIpc) is 2.60. The highest BCUT2D eigenvalue weighted by Gasteiger charge is 2.27. The van der Waals surface area contributed by atoms with E-state index in [0.717, 1.165) is 5.56 Å². The van der Waals surface area contributed by atoms with Gasteiger partial charge in [0.15, 0.2) is 0 Å². The summed E-state index contributed by atoms with van der Waals surface area (Å²) in [6, 6.07) is 9.70. The number of aryl methyl sites for hydroxylation is 1. The zero-order chi connectivity index (χ0) is 18.6. The van der Waals surface area contributed by atoms with E-state index in [-0.39, 0.29) is 11.4 Å². The van der Waals surface area contributed by atoms with Gasteiger partial charge >= 0.3 is 0 Å². The number of benzene rings is 2. The van der Waals surface area contributed by atoms with E-state index in [9.17, 15) is 8.42 Å². The molecule has 25 heavy (non-hydrogen) atoms. The molecule has 0 atom stereocenters. The Hall–Kier alpha value is -2.18. The average molecular weight is 382 g/mol. The van der Waals surface area contributed by atoms with Crippen molar-refractivity contribution in [2.45, 2.75) is 11.8 Å². The third-order valence-electron chi connectivity index (χ3n) is 3.63. The van der Waals surface area contributed by atoms with Crippen LogP contribution >= 0.6 is 11.6 Å². The van der Waals surface area contributed by atoms with Gasteiger partial charge in [-0.05, 0) is 19.1 Å². The lowest BCUT2D eigenvalue weighted by atomic mass is 10.2. The Morgan fingerprint density at radius 3 is 2.24 bits per heavy atom. The van der Waals surface area contributed by atoms with Crippen molar-refractivity contribution in [3.63, 3.8) is 0 Å². The first kappa shape index (κ1) is 19.1. The van der Waals surface area contributed by atoms with Crippen LogP contribution in [-0.4, -0.2) is 29.2 Å². The summed E-state index contributed by atoms with van der Waals surface area (Å²) in [5.41, 5.74) is 1.30. The molecule has 0 heterocycles. The minimum Gasteiger partial charge on any atom is -0.495 e. The summed E-state index contributed by atoms with van der Waals surface area (Å²) in [5.74, 6) is 0.675. The van der Waals surface area contributed by atoms with Crippen molar-refractivity contribution in [3.05, 3.63) is 59.6 Å². The molecule has 0 unspecified atom stereocenters. The number of anilines is 1. The minimum atomic E-state index is -3.82. The largest absolute Gasteiger partial charge is 0.495 e. The molecule has 134 valence electrons. The summed E-state index contributed by atoms with van der Waals surface area (Å²) in [5, 5.41) is 0.328. The van der Waals surface area contributed by atoms with Crippen LogP contribution in [0.1, 0.15) is 5.56 Å². The van der Waals surface area contributed by atoms with Crippen molar-refractivity contribution in [2.24, 2.45) is 0 Å². The van der Waals surface area contributed by atoms with E-state index >= 15 is 0 Å². The van der Waals surface area contributed by atoms with Gasteiger partial charge in [-0.2, -0.15) is 0 Å². The predicted molar refractivity (Wildman–Crippen MR) is 100 cm³/mol. The number of methoxy groups -OCH3 is 2. The molecule has 0 radical (unpaired) electrons. The van der Waals surface area contributed by atoms with E-state index < -0.39 is 10.0 Å². The van der Waals surface area contributed by atoms with Gasteiger partial charge in [-0.1, -0.05) is 35.4 Å². The molecule has 0 aliphatic heterocycles. The molecular weight excluding hydrogens is 362 g/mol. The van der Waals surface area contributed by atoms with Gasteiger partial charge in [0.1, 0.15) is 11.5 Å². The van der Waals surface area contributed by atoms with Crippen molar-refractivity contribution in [3.8, 4) is 11.5 Å². The predicted octanol–water partition coefficient (Wildman–Crippen LogP) is 4.05. The van der Waals surface area contributed by atoms with Gasteiger partial charge < -0.3 is 9.47 Å². The summed E-state index contributed by atoms with van der Waals surface area (Å²) >= 11 is 6.12. The third-order valence-corrected chi connectivity index (χ3v) is 5.72. The maximum atomic E-state index is 13.1.